The van der Waals surface area contributed by atoms with Gasteiger partial charge in [0.2, 0.25) is 5.88 Å². The average molecular weight is 550 g/mol. The van der Waals surface area contributed by atoms with Gasteiger partial charge in [0.25, 0.3) is 5.91 Å². The van der Waals surface area contributed by atoms with Crippen molar-refractivity contribution in [3.05, 3.63) is 53.7 Å². The van der Waals surface area contributed by atoms with Crippen LogP contribution in [0.15, 0.2) is 48.1 Å². The number of nitrogens with one attached hydrogen (secondary N) is 1. The molecule has 0 radical (unpaired) electrons. The second kappa shape index (κ2) is 13.6. The zero-order valence-corrected chi connectivity index (χ0v) is 24.4. The SMILES string of the molecule is CCN(CC)CCOc1cc(C(=O)NCC(C)N(CC)CC)cc(-c2cnn3ccc(-c4cccs4)nc23)n1. The fourth-order valence-corrected chi connectivity index (χ4v) is 5.29. The number of nitrogens with zero attached hydrogens (tertiary/aromatic N) is 6. The fraction of sp³-hybridized carbons (Fsp3) is 0.448. The van der Waals surface area contributed by atoms with Gasteiger partial charge in [0.05, 0.1) is 28.0 Å². The smallest absolute Gasteiger partial charge is 0.251 e. The van der Waals surface area contributed by atoms with Crippen LogP contribution >= 0.6 is 11.3 Å². The highest BCUT2D eigenvalue weighted by Crippen LogP contribution is 2.28. The molecule has 0 spiro atoms. The van der Waals surface area contributed by atoms with Crippen LogP contribution in [0.1, 0.15) is 45.0 Å². The van der Waals surface area contributed by atoms with Gasteiger partial charge in [-0.15, -0.1) is 11.3 Å². The van der Waals surface area contributed by atoms with Gasteiger partial charge < -0.3 is 15.0 Å². The molecule has 0 fully saturated rings. The summed E-state index contributed by atoms with van der Waals surface area (Å²) in [5.41, 5.74) is 3.39. The highest BCUT2D eigenvalue weighted by molar-refractivity contribution is 7.13. The Bertz CT molecular complexity index is 1350. The lowest BCUT2D eigenvalue weighted by Gasteiger charge is -2.26. The van der Waals surface area contributed by atoms with Crippen molar-refractivity contribution in [3.8, 4) is 27.7 Å². The second-order valence-corrected chi connectivity index (χ2v) is 10.3. The van der Waals surface area contributed by atoms with Gasteiger partial charge in [-0.05, 0) is 56.7 Å². The summed E-state index contributed by atoms with van der Waals surface area (Å²) in [4.78, 5) is 28.7. The molecule has 0 aliphatic rings. The van der Waals surface area contributed by atoms with Crippen LogP contribution in [0.4, 0.5) is 0 Å². The Morgan fingerprint density at radius 1 is 1.08 bits per heavy atom. The summed E-state index contributed by atoms with van der Waals surface area (Å²) in [5.74, 6) is 0.255. The first kappa shape index (κ1) is 28.7. The number of rotatable bonds is 14. The highest BCUT2D eigenvalue weighted by atomic mass is 32.1. The van der Waals surface area contributed by atoms with Crippen LogP contribution in [-0.2, 0) is 0 Å². The third kappa shape index (κ3) is 7.00. The summed E-state index contributed by atoms with van der Waals surface area (Å²) in [6.45, 7) is 16.2. The van der Waals surface area contributed by atoms with E-state index < -0.39 is 0 Å². The number of likely N-dealkylation sites (N-methyl/N-ethyl adjacent to an activating group) is 2. The van der Waals surface area contributed by atoms with Crippen LogP contribution in [-0.4, -0.2) is 87.2 Å². The minimum absolute atomic E-state index is 0.157. The normalized spacial score (nSPS) is 12.4. The Kier molecular flexibility index (Phi) is 10.0. The van der Waals surface area contributed by atoms with Gasteiger partial charge in [-0.3, -0.25) is 9.69 Å². The van der Waals surface area contributed by atoms with E-state index in [0.29, 0.717) is 35.9 Å². The van der Waals surface area contributed by atoms with E-state index in [1.165, 1.54) is 0 Å². The molecule has 1 amide bonds. The first-order valence-electron chi connectivity index (χ1n) is 13.7. The third-order valence-corrected chi connectivity index (χ3v) is 7.92. The van der Waals surface area contributed by atoms with E-state index in [2.05, 4.69) is 54.8 Å². The highest BCUT2D eigenvalue weighted by Gasteiger charge is 2.18. The third-order valence-electron chi connectivity index (χ3n) is 7.03. The Balaban J connectivity index is 1.65. The van der Waals surface area contributed by atoms with Crippen LogP contribution in [0.2, 0.25) is 0 Å². The summed E-state index contributed by atoms with van der Waals surface area (Å²) in [6.07, 6.45) is 3.64. The maximum Gasteiger partial charge on any atom is 0.251 e. The van der Waals surface area contributed by atoms with E-state index in [-0.39, 0.29) is 11.9 Å². The molecule has 10 heteroatoms. The van der Waals surface area contributed by atoms with Gasteiger partial charge in [0.1, 0.15) is 6.61 Å². The molecule has 0 bridgehead atoms. The van der Waals surface area contributed by atoms with Crippen LogP contribution in [0.25, 0.3) is 27.5 Å². The molecular formula is C29H39N7O2S. The molecule has 1 unspecified atom stereocenters. The van der Waals surface area contributed by atoms with Gasteiger partial charge in [0.15, 0.2) is 5.65 Å². The molecule has 1 atom stereocenters. The number of hydrogen-bond donors (Lipinski definition) is 1. The molecule has 9 nitrogen and oxygen atoms in total. The summed E-state index contributed by atoms with van der Waals surface area (Å²) < 4.78 is 7.81. The molecule has 4 aromatic rings. The number of pyridine rings is 1. The molecule has 4 rings (SSSR count). The summed E-state index contributed by atoms with van der Waals surface area (Å²) in [6, 6.07) is 9.75. The van der Waals surface area contributed by atoms with Crippen molar-refractivity contribution in [2.24, 2.45) is 0 Å². The maximum atomic E-state index is 13.3. The number of carbonyl (C=O) groups is 1. The Labute approximate surface area is 234 Å². The minimum Gasteiger partial charge on any atom is -0.476 e. The molecule has 39 heavy (non-hydrogen) atoms. The van der Waals surface area contributed by atoms with Crippen LogP contribution in [0.5, 0.6) is 5.88 Å². The quantitative estimate of drug-likeness (QED) is 0.244. The molecule has 208 valence electrons. The first-order chi connectivity index (χ1) is 19.0. The summed E-state index contributed by atoms with van der Waals surface area (Å²) >= 11 is 1.64. The van der Waals surface area contributed by atoms with E-state index in [4.69, 9.17) is 14.7 Å². The summed E-state index contributed by atoms with van der Waals surface area (Å²) in [5, 5.41) is 9.62. The lowest BCUT2D eigenvalue weighted by atomic mass is 10.1. The number of aromatic nitrogens is 4. The number of carbonyl (C=O) groups excluding carboxylic acids is 1. The Morgan fingerprint density at radius 3 is 2.56 bits per heavy atom. The fourth-order valence-electron chi connectivity index (χ4n) is 4.60. The summed E-state index contributed by atoms with van der Waals surface area (Å²) in [7, 11) is 0. The van der Waals surface area contributed by atoms with Crippen molar-refractivity contribution in [2.45, 2.75) is 40.7 Å². The predicted molar refractivity (Wildman–Crippen MR) is 158 cm³/mol. The van der Waals surface area contributed by atoms with Crippen molar-refractivity contribution >= 4 is 22.9 Å². The number of hydrogen-bond acceptors (Lipinski definition) is 8. The van der Waals surface area contributed by atoms with Gasteiger partial charge in [-0.25, -0.2) is 14.5 Å². The van der Waals surface area contributed by atoms with Crippen LogP contribution in [0, 0.1) is 0 Å². The Morgan fingerprint density at radius 2 is 1.87 bits per heavy atom. The van der Waals surface area contributed by atoms with E-state index in [1.54, 1.807) is 34.2 Å². The molecular weight excluding hydrogens is 510 g/mol. The standard InChI is InChI=1S/C29H39N7O2S/c1-6-34(7-2)14-15-38-27-18-22(29(37)30-19-21(5)35(8-3)9-4)17-25(32-27)23-20-31-36-13-12-24(33-28(23)36)26-11-10-16-39-26/h10-13,16-18,20-21H,6-9,14-15,19H2,1-5H3,(H,30,37). The van der Waals surface area contributed by atoms with Gasteiger partial charge in [-0.2, -0.15) is 5.10 Å². The first-order valence-corrected chi connectivity index (χ1v) is 14.6. The topological polar surface area (TPSA) is 87.9 Å². The number of thiophene rings is 1. The molecule has 0 aromatic carbocycles. The van der Waals surface area contributed by atoms with E-state index in [0.717, 1.165) is 48.9 Å². The molecule has 0 aliphatic carbocycles. The average Bonchev–Trinajstić information content (AvgIpc) is 3.65. The zero-order valence-electron chi connectivity index (χ0n) is 23.6. The van der Waals surface area contributed by atoms with Crippen molar-refractivity contribution in [1.82, 2.24) is 34.7 Å². The van der Waals surface area contributed by atoms with Crippen molar-refractivity contribution in [1.29, 1.82) is 0 Å². The van der Waals surface area contributed by atoms with Crippen LogP contribution in [0.3, 0.4) is 0 Å². The van der Waals surface area contributed by atoms with Gasteiger partial charge >= 0.3 is 0 Å². The maximum absolute atomic E-state index is 13.3. The van der Waals surface area contributed by atoms with E-state index in [9.17, 15) is 4.79 Å². The number of ether oxygens (including phenoxy) is 1. The van der Waals surface area contributed by atoms with Gasteiger partial charge in [0, 0.05) is 37.0 Å². The van der Waals surface area contributed by atoms with Crippen molar-refractivity contribution in [3.63, 3.8) is 0 Å². The molecule has 4 aromatic heterocycles. The van der Waals surface area contributed by atoms with Crippen LogP contribution < -0.4 is 10.1 Å². The molecule has 4 heterocycles. The van der Waals surface area contributed by atoms with Gasteiger partial charge in [-0.1, -0.05) is 33.8 Å². The minimum atomic E-state index is -0.157. The largest absolute Gasteiger partial charge is 0.476 e. The lowest BCUT2D eigenvalue weighted by Crippen LogP contribution is -2.42. The zero-order chi connectivity index (χ0) is 27.8. The monoisotopic (exact) mass is 549 g/mol. The molecule has 1 N–H and O–H groups in total. The van der Waals surface area contributed by atoms with E-state index >= 15 is 0 Å². The Hall–Kier alpha value is -3.34. The predicted octanol–water partition coefficient (Wildman–Crippen LogP) is 4.70. The molecule has 0 saturated carbocycles. The molecule has 0 saturated heterocycles. The molecule has 0 aliphatic heterocycles. The number of amides is 1. The van der Waals surface area contributed by atoms with Crippen molar-refractivity contribution in [2.75, 3.05) is 45.9 Å². The lowest BCUT2D eigenvalue weighted by molar-refractivity contribution is 0.0937. The number of fused-ring (bicyclic) bond motifs is 1. The van der Waals surface area contributed by atoms with E-state index in [1.807, 2.05) is 29.8 Å². The van der Waals surface area contributed by atoms with Crippen molar-refractivity contribution < 1.29 is 9.53 Å². The second-order valence-electron chi connectivity index (χ2n) is 9.35.